The molecule has 1 aliphatic rings. The Morgan fingerprint density at radius 2 is 1.86 bits per heavy atom. The van der Waals surface area contributed by atoms with Crippen molar-refractivity contribution in [3.05, 3.63) is 65.2 Å². The molecule has 3 rings (SSSR count). The van der Waals surface area contributed by atoms with Gasteiger partial charge in [-0.3, -0.25) is 9.59 Å². The topological polar surface area (TPSA) is 81.4 Å². The molecule has 0 aliphatic carbocycles. The van der Waals surface area contributed by atoms with Crippen LogP contribution in [0.15, 0.2) is 48.5 Å². The highest BCUT2D eigenvalue weighted by Gasteiger charge is 2.26. The summed E-state index contributed by atoms with van der Waals surface area (Å²) >= 11 is 0. The van der Waals surface area contributed by atoms with E-state index in [9.17, 15) is 9.59 Å². The van der Waals surface area contributed by atoms with Crippen LogP contribution in [0.1, 0.15) is 27.5 Å². The quantitative estimate of drug-likeness (QED) is 0.832. The molecular formula is C16H14N2O3. The standard InChI is InChI=1S/C16H14N2O3/c17-15(19)14-12-7-3-4-8-13(12)21-9-10-5-1-2-6-11(10)16(20)18-14/h1-8,14H,9H2,(H2,17,19)(H,18,20). The Bertz CT molecular complexity index is 712. The van der Waals surface area contributed by atoms with E-state index in [1.54, 1.807) is 30.3 Å². The van der Waals surface area contributed by atoms with Crippen molar-refractivity contribution in [1.29, 1.82) is 0 Å². The maximum atomic E-state index is 12.4. The molecule has 0 saturated carbocycles. The zero-order valence-electron chi connectivity index (χ0n) is 11.2. The molecule has 0 saturated heterocycles. The first kappa shape index (κ1) is 13.2. The number of carbonyl (C=O) groups excluding carboxylic acids is 2. The third kappa shape index (κ3) is 2.45. The van der Waals surface area contributed by atoms with E-state index in [0.717, 1.165) is 5.56 Å². The van der Waals surface area contributed by atoms with Gasteiger partial charge in [0.2, 0.25) is 5.91 Å². The summed E-state index contributed by atoms with van der Waals surface area (Å²) in [5, 5.41) is 2.68. The first-order valence-corrected chi connectivity index (χ1v) is 6.56. The average molecular weight is 282 g/mol. The zero-order chi connectivity index (χ0) is 14.8. The molecule has 2 aromatic rings. The van der Waals surface area contributed by atoms with Crippen LogP contribution in [0.2, 0.25) is 0 Å². The van der Waals surface area contributed by atoms with Crippen LogP contribution in [0.3, 0.4) is 0 Å². The maximum absolute atomic E-state index is 12.4. The smallest absolute Gasteiger partial charge is 0.252 e. The Kier molecular flexibility index (Phi) is 3.31. The van der Waals surface area contributed by atoms with Gasteiger partial charge in [-0.2, -0.15) is 0 Å². The largest absolute Gasteiger partial charge is 0.489 e. The molecule has 0 spiro atoms. The highest BCUT2D eigenvalue weighted by atomic mass is 16.5. The molecular weight excluding hydrogens is 268 g/mol. The molecule has 0 fully saturated rings. The van der Waals surface area contributed by atoms with Crippen LogP contribution in [0, 0.1) is 0 Å². The Balaban J connectivity index is 2.12. The third-order valence-corrected chi connectivity index (χ3v) is 3.44. The lowest BCUT2D eigenvalue weighted by Gasteiger charge is -2.17. The van der Waals surface area contributed by atoms with Gasteiger partial charge in [-0.1, -0.05) is 36.4 Å². The van der Waals surface area contributed by atoms with Crippen LogP contribution in [0.4, 0.5) is 0 Å². The highest BCUT2D eigenvalue weighted by molar-refractivity contribution is 5.99. The minimum atomic E-state index is -0.917. The van der Waals surface area contributed by atoms with Gasteiger partial charge in [0, 0.05) is 16.7 Å². The molecule has 2 amide bonds. The van der Waals surface area contributed by atoms with E-state index in [-0.39, 0.29) is 12.5 Å². The number of amides is 2. The van der Waals surface area contributed by atoms with Crippen molar-refractivity contribution in [3.63, 3.8) is 0 Å². The fourth-order valence-electron chi connectivity index (χ4n) is 2.38. The number of primary amides is 1. The number of hydrogen-bond donors (Lipinski definition) is 2. The summed E-state index contributed by atoms with van der Waals surface area (Å²) in [4.78, 5) is 24.1. The highest BCUT2D eigenvalue weighted by Crippen LogP contribution is 2.28. The van der Waals surface area contributed by atoms with Gasteiger partial charge >= 0.3 is 0 Å². The van der Waals surface area contributed by atoms with E-state index in [1.807, 2.05) is 18.2 Å². The summed E-state index contributed by atoms with van der Waals surface area (Å²) < 4.78 is 5.76. The van der Waals surface area contributed by atoms with Gasteiger partial charge in [0.25, 0.3) is 5.91 Å². The minimum absolute atomic E-state index is 0.256. The van der Waals surface area contributed by atoms with Crippen LogP contribution in [-0.4, -0.2) is 11.8 Å². The second-order valence-electron chi connectivity index (χ2n) is 4.79. The first-order valence-electron chi connectivity index (χ1n) is 6.56. The van der Waals surface area contributed by atoms with Crippen LogP contribution in [0.5, 0.6) is 5.75 Å². The van der Waals surface area contributed by atoms with Crippen LogP contribution in [-0.2, 0) is 11.4 Å². The molecule has 1 aliphatic heterocycles. The molecule has 106 valence electrons. The number of carbonyl (C=O) groups is 2. The number of hydrogen-bond acceptors (Lipinski definition) is 3. The zero-order valence-corrected chi connectivity index (χ0v) is 11.2. The maximum Gasteiger partial charge on any atom is 0.252 e. The van der Waals surface area contributed by atoms with Gasteiger partial charge in [-0.25, -0.2) is 0 Å². The summed E-state index contributed by atoms with van der Waals surface area (Å²) in [6.07, 6.45) is 0. The van der Waals surface area contributed by atoms with Gasteiger partial charge in [0.05, 0.1) is 0 Å². The number of para-hydroxylation sites is 1. The Labute approximate surface area is 121 Å². The lowest BCUT2D eigenvalue weighted by atomic mass is 10.0. The molecule has 21 heavy (non-hydrogen) atoms. The number of ether oxygens (including phenoxy) is 1. The normalized spacial score (nSPS) is 17.1. The number of fused-ring (bicyclic) bond motifs is 2. The van der Waals surface area contributed by atoms with E-state index in [0.29, 0.717) is 16.9 Å². The van der Waals surface area contributed by atoms with Crippen molar-refractivity contribution in [2.45, 2.75) is 12.6 Å². The summed E-state index contributed by atoms with van der Waals surface area (Å²) in [5.41, 5.74) is 7.23. The second-order valence-corrected chi connectivity index (χ2v) is 4.79. The minimum Gasteiger partial charge on any atom is -0.489 e. The molecule has 3 N–H and O–H groups in total. The predicted molar refractivity (Wildman–Crippen MR) is 76.6 cm³/mol. The Morgan fingerprint density at radius 3 is 2.67 bits per heavy atom. The van der Waals surface area contributed by atoms with Gasteiger partial charge in [0.1, 0.15) is 18.4 Å². The molecule has 1 atom stereocenters. The van der Waals surface area contributed by atoms with E-state index in [1.165, 1.54) is 0 Å². The molecule has 0 bridgehead atoms. The summed E-state index contributed by atoms with van der Waals surface area (Å²) in [5.74, 6) is -0.424. The molecule has 1 heterocycles. The van der Waals surface area contributed by atoms with Crippen LogP contribution >= 0.6 is 0 Å². The van der Waals surface area contributed by atoms with Crippen molar-refractivity contribution in [3.8, 4) is 5.75 Å². The number of benzene rings is 2. The van der Waals surface area contributed by atoms with Crippen molar-refractivity contribution in [2.24, 2.45) is 5.73 Å². The SMILES string of the molecule is NC(=O)C1NC(=O)c2ccccc2COc2ccccc21. The summed E-state index contributed by atoms with van der Waals surface area (Å²) in [6, 6.07) is 13.3. The van der Waals surface area contributed by atoms with E-state index < -0.39 is 11.9 Å². The number of nitrogens with two attached hydrogens (primary N) is 1. The Hall–Kier alpha value is -2.82. The van der Waals surface area contributed by atoms with Crippen molar-refractivity contribution < 1.29 is 14.3 Å². The van der Waals surface area contributed by atoms with Crippen LogP contribution in [0.25, 0.3) is 0 Å². The van der Waals surface area contributed by atoms with E-state index in [4.69, 9.17) is 10.5 Å². The van der Waals surface area contributed by atoms with Crippen molar-refractivity contribution in [2.75, 3.05) is 0 Å². The molecule has 2 aromatic carbocycles. The fourth-order valence-corrected chi connectivity index (χ4v) is 2.38. The second kappa shape index (κ2) is 5.28. The lowest BCUT2D eigenvalue weighted by Crippen LogP contribution is -2.37. The van der Waals surface area contributed by atoms with Gasteiger partial charge < -0.3 is 15.8 Å². The van der Waals surface area contributed by atoms with Gasteiger partial charge in [-0.15, -0.1) is 0 Å². The number of nitrogens with one attached hydrogen (secondary N) is 1. The predicted octanol–water partition coefficient (Wildman–Crippen LogP) is 1.54. The van der Waals surface area contributed by atoms with E-state index >= 15 is 0 Å². The fraction of sp³-hybridized carbons (Fsp3) is 0.125. The molecule has 5 heteroatoms. The Morgan fingerprint density at radius 1 is 1.14 bits per heavy atom. The average Bonchev–Trinajstić information content (AvgIpc) is 2.56. The number of rotatable bonds is 1. The monoisotopic (exact) mass is 282 g/mol. The third-order valence-electron chi connectivity index (χ3n) is 3.44. The van der Waals surface area contributed by atoms with Crippen LogP contribution < -0.4 is 15.8 Å². The molecule has 1 unspecified atom stereocenters. The first-order chi connectivity index (χ1) is 10.2. The van der Waals surface area contributed by atoms with E-state index in [2.05, 4.69) is 5.32 Å². The van der Waals surface area contributed by atoms with Gasteiger partial charge in [-0.05, 0) is 12.1 Å². The molecule has 5 nitrogen and oxygen atoms in total. The summed E-state index contributed by atoms with van der Waals surface area (Å²) in [7, 11) is 0. The van der Waals surface area contributed by atoms with Crippen molar-refractivity contribution >= 4 is 11.8 Å². The molecule has 0 radical (unpaired) electrons. The lowest BCUT2D eigenvalue weighted by molar-refractivity contribution is -0.120. The van der Waals surface area contributed by atoms with Gasteiger partial charge in [0.15, 0.2) is 0 Å². The summed E-state index contributed by atoms with van der Waals surface area (Å²) in [6.45, 7) is 0.256. The molecule has 0 aromatic heterocycles. The van der Waals surface area contributed by atoms with Crippen molar-refractivity contribution in [1.82, 2.24) is 5.32 Å².